The zero-order valence-electron chi connectivity index (χ0n) is 13.7. The van der Waals surface area contributed by atoms with Crippen molar-refractivity contribution in [2.45, 2.75) is 5.66 Å². The summed E-state index contributed by atoms with van der Waals surface area (Å²) in [7, 11) is 0. The number of nitrogens with zero attached hydrogens (tertiary/aromatic N) is 3. The molecule has 2 aromatic carbocycles. The van der Waals surface area contributed by atoms with Gasteiger partial charge in [-0.1, -0.05) is 0 Å². The van der Waals surface area contributed by atoms with Gasteiger partial charge in [0.15, 0.2) is 6.29 Å². The quantitative estimate of drug-likeness (QED) is 0.435. The van der Waals surface area contributed by atoms with Crippen LogP contribution in [-0.4, -0.2) is 28.0 Å². The molecule has 3 rings (SSSR count). The third-order valence-electron chi connectivity index (χ3n) is 3.87. The van der Waals surface area contributed by atoms with Crippen LogP contribution in [0.4, 0.5) is 22.7 Å². The number of carbonyl (C=O) groups excluding carboxylic acids is 1. The number of hydrogen-bond acceptors (Lipinski definition) is 8. The molecule has 0 radical (unpaired) electrons. The van der Waals surface area contributed by atoms with Crippen molar-refractivity contribution in [2.75, 3.05) is 10.6 Å². The monoisotopic (exact) mass is 367 g/mol. The van der Waals surface area contributed by atoms with Gasteiger partial charge in [-0.15, -0.1) is 0 Å². The molecule has 10 heteroatoms. The summed E-state index contributed by atoms with van der Waals surface area (Å²) >= 11 is 0. The van der Waals surface area contributed by atoms with Crippen molar-refractivity contribution < 1.29 is 14.6 Å². The van der Waals surface area contributed by atoms with Crippen molar-refractivity contribution in [1.29, 1.82) is 0 Å². The number of nitro benzene ring substituents is 2. The third-order valence-corrected chi connectivity index (χ3v) is 3.87. The summed E-state index contributed by atoms with van der Waals surface area (Å²) in [5, 5.41) is 27.4. The van der Waals surface area contributed by atoms with Crippen LogP contribution in [0.15, 0.2) is 65.3 Å². The van der Waals surface area contributed by atoms with E-state index in [1.165, 1.54) is 54.7 Å². The number of carbonyl (C=O) groups is 1. The van der Waals surface area contributed by atoms with Gasteiger partial charge in [-0.05, 0) is 30.3 Å². The number of aliphatic imine (C=N–C) groups is 1. The van der Waals surface area contributed by atoms with Crippen molar-refractivity contribution in [3.63, 3.8) is 0 Å². The number of nitro groups is 2. The Morgan fingerprint density at radius 2 is 1.41 bits per heavy atom. The molecule has 2 aromatic rings. The van der Waals surface area contributed by atoms with Gasteiger partial charge in [-0.2, -0.15) is 0 Å². The molecule has 0 aliphatic carbocycles. The maximum atomic E-state index is 11.8. The first-order chi connectivity index (χ1) is 12.9. The molecule has 1 aliphatic rings. The summed E-state index contributed by atoms with van der Waals surface area (Å²) in [4.78, 5) is 36.4. The molecular weight excluding hydrogens is 354 g/mol. The fraction of sp³-hybridized carbons (Fsp3) is 0.0588. The van der Waals surface area contributed by atoms with Gasteiger partial charge in [-0.25, -0.2) is 0 Å². The average molecular weight is 367 g/mol. The van der Waals surface area contributed by atoms with Gasteiger partial charge in [0.05, 0.1) is 15.5 Å². The number of non-ortho nitro benzene ring substituents is 2. The molecule has 0 bridgehead atoms. The second kappa shape index (κ2) is 7.04. The maximum Gasteiger partial charge on any atom is 0.269 e. The summed E-state index contributed by atoms with van der Waals surface area (Å²) in [6.45, 7) is 0. The van der Waals surface area contributed by atoms with Crippen LogP contribution in [-0.2, 0) is 4.79 Å². The zero-order valence-corrected chi connectivity index (χ0v) is 13.7. The van der Waals surface area contributed by atoms with Gasteiger partial charge in [0.2, 0.25) is 5.66 Å². The second-order valence-corrected chi connectivity index (χ2v) is 5.60. The first-order valence-corrected chi connectivity index (χ1v) is 7.70. The van der Waals surface area contributed by atoms with Gasteiger partial charge in [0.1, 0.15) is 0 Å². The molecule has 0 aromatic heterocycles. The molecule has 0 saturated carbocycles. The van der Waals surface area contributed by atoms with Crippen LogP contribution in [0.25, 0.3) is 0 Å². The van der Waals surface area contributed by atoms with E-state index in [4.69, 9.17) is 0 Å². The lowest BCUT2D eigenvalue weighted by molar-refractivity contribution is -0.385. The first-order valence-electron chi connectivity index (χ1n) is 7.70. The van der Waals surface area contributed by atoms with Gasteiger partial charge in [0.25, 0.3) is 11.4 Å². The highest BCUT2D eigenvalue weighted by Crippen LogP contribution is 2.29. The number of benzene rings is 2. The Labute approximate surface area is 152 Å². The minimum atomic E-state index is -1.43. The molecule has 10 nitrogen and oxygen atoms in total. The van der Waals surface area contributed by atoms with E-state index in [2.05, 4.69) is 15.6 Å². The summed E-state index contributed by atoms with van der Waals surface area (Å²) in [5.41, 5.74) is -0.155. The Bertz CT molecular complexity index is 953. The summed E-state index contributed by atoms with van der Waals surface area (Å²) in [5.74, 6) is 0. The normalized spacial score (nSPS) is 17.9. The zero-order chi connectivity index (χ0) is 19.4. The van der Waals surface area contributed by atoms with Gasteiger partial charge in [-0.3, -0.25) is 30.0 Å². The number of aldehydes is 1. The van der Waals surface area contributed by atoms with Crippen LogP contribution >= 0.6 is 0 Å². The van der Waals surface area contributed by atoms with E-state index in [0.29, 0.717) is 23.4 Å². The molecule has 136 valence electrons. The SMILES string of the molecule is O=CC1(Nc2ccc([N+](=O)[O-])cc2)N=CC=C1Nc1ccc([N+](=O)[O-])cc1. The predicted octanol–water partition coefficient (Wildman–Crippen LogP) is 2.89. The van der Waals surface area contributed by atoms with E-state index in [-0.39, 0.29) is 11.4 Å². The number of nitrogens with one attached hydrogen (secondary N) is 2. The average Bonchev–Trinajstić information content (AvgIpc) is 3.05. The topological polar surface area (TPSA) is 140 Å². The Hall–Kier alpha value is -4.08. The maximum absolute atomic E-state index is 11.8. The van der Waals surface area contributed by atoms with Crippen molar-refractivity contribution in [3.05, 3.63) is 80.5 Å². The lowest BCUT2D eigenvalue weighted by Crippen LogP contribution is -2.41. The molecule has 1 heterocycles. The summed E-state index contributed by atoms with van der Waals surface area (Å²) in [6.07, 6.45) is 3.64. The highest BCUT2D eigenvalue weighted by Gasteiger charge is 2.36. The van der Waals surface area contributed by atoms with Crippen LogP contribution < -0.4 is 10.6 Å². The fourth-order valence-electron chi connectivity index (χ4n) is 2.49. The van der Waals surface area contributed by atoms with Crippen molar-refractivity contribution in [1.82, 2.24) is 0 Å². The Balaban J connectivity index is 1.80. The molecule has 1 atom stereocenters. The number of allylic oxidation sites excluding steroid dienone is 1. The highest BCUT2D eigenvalue weighted by molar-refractivity contribution is 5.90. The standard InChI is InChI=1S/C17H13N5O5/c23-11-17(20-13-3-7-15(8-4-13)22(26)27)16(9-10-18-17)19-12-1-5-14(6-2-12)21(24)25/h1-11,19-20H. The fourth-order valence-corrected chi connectivity index (χ4v) is 2.49. The van der Waals surface area contributed by atoms with Gasteiger partial charge in [0, 0.05) is 41.9 Å². The number of rotatable bonds is 7. The molecule has 0 spiro atoms. The largest absolute Gasteiger partial charge is 0.355 e. The van der Waals surface area contributed by atoms with Crippen molar-refractivity contribution >= 4 is 35.3 Å². The summed E-state index contributed by atoms with van der Waals surface area (Å²) in [6, 6.07) is 11.3. The van der Waals surface area contributed by atoms with Crippen LogP contribution in [0.2, 0.25) is 0 Å². The van der Waals surface area contributed by atoms with E-state index in [1.807, 2.05) is 0 Å². The first kappa shape index (κ1) is 17.7. The van der Waals surface area contributed by atoms with Crippen LogP contribution in [0.3, 0.4) is 0 Å². The third kappa shape index (κ3) is 3.63. The molecule has 27 heavy (non-hydrogen) atoms. The number of anilines is 2. The van der Waals surface area contributed by atoms with Crippen LogP contribution in [0, 0.1) is 20.2 Å². The van der Waals surface area contributed by atoms with Crippen LogP contribution in [0.1, 0.15) is 0 Å². The van der Waals surface area contributed by atoms with Crippen LogP contribution in [0.5, 0.6) is 0 Å². The van der Waals surface area contributed by atoms with E-state index < -0.39 is 15.5 Å². The molecule has 1 unspecified atom stereocenters. The molecule has 2 N–H and O–H groups in total. The van der Waals surface area contributed by atoms with Gasteiger partial charge >= 0.3 is 0 Å². The number of hydrogen-bond donors (Lipinski definition) is 2. The van der Waals surface area contributed by atoms with Crippen molar-refractivity contribution in [2.24, 2.45) is 4.99 Å². The van der Waals surface area contributed by atoms with E-state index in [1.54, 1.807) is 6.08 Å². The minimum absolute atomic E-state index is 0.0529. The summed E-state index contributed by atoms with van der Waals surface area (Å²) < 4.78 is 0. The van der Waals surface area contributed by atoms with Crippen molar-refractivity contribution in [3.8, 4) is 0 Å². The Morgan fingerprint density at radius 3 is 1.89 bits per heavy atom. The van der Waals surface area contributed by atoms with E-state index in [0.717, 1.165) is 0 Å². The molecule has 0 amide bonds. The second-order valence-electron chi connectivity index (χ2n) is 5.60. The molecule has 1 aliphatic heterocycles. The molecule has 0 saturated heterocycles. The van der Waals surface area contributed by atoms with E-state index in [9.17, 15) is 25.0 Å². The Morgan fingerprint density at radius 1 is 0.889 bits per heavy atom. The highest BCUT2D eigenvalue weighted by atomic mass is 16.6. The lowest BCUT2D eigenvalue weighted by Gasteiger charge is -2.27. The minimum Gasteiger partial charge on any atom is -0.355 e. The smallest absolute Gasteiger partial charge is 0.269 e. The predicted molar refractivity (Wildman–Crippen MR) is 98.8 cm³/mol. The van der Waals surface area contributed by atoms with E-state index >= 15 is 0 Å². The Kier molecular flexibility index (Phi) is 4.62. The molecular formula is C17H13N5O5. The lowest BCUT2D eigenvalue weighted by atomic mass is 10.1. The van der Waals surface area contributed by atoms with Gasteiger partial charge < -0.3 is 10.6 Å². The molecule has 0 fully saturated rings.